The summed E-state index contributed by atoms with van der Waals surface area (Å²) in [5.41, 5.74) is 2.08. The Morgan fingerprint density at radius 1 is 1.15 bits per heavy atom. The largest absolute Gasteiger partial charge is 0.417 e. The lowest BCUT2D eigenvalue weighted by Gasteiger charge is -2.40. The number of halogens is 3. The number of amides is 1. The van der Waals surface area contributed by atoms with E-state index in [4.69, 9.17) is 0 Å². The minimum Gasteiger partial charge on any atom is -0.368 e. The van der Waals surface area contributed by atoms with Gasteiger partial charge in [0.2, 0.25) is 0 Å². The molecule has 0 aliphatic carbocycles. The first kappa shape index (κ1) is 23.7. The van der Waals surface area contributed by atoms with Gasteiger partial charge in [-0.3, -0.25) is 14.8 Å². The van der Waals surface area contributed by atoms with Crippen LogP contribution in [0.15, 0.2) is 55.1 Å². The van der Waals surface area contributed by atoms with Crippen molar-refractivity contribution in [1.82, 2.24) is 19.9 Å². The molecule has 0 radical (unpaired) electrons. The van der Waals surface area contributed by atoms with E-state index in [1.54, 1.807) is 18.6 Å². The molecule has 1 aromatic carbocycles. The van der Waals surface area contributed by atoms with Gasteiger partial charge < -0.3 is 10.2 Å². The number of hydrogen-bond acceptors (Lipinski definition) is 5. The summed E-state index contributed by atoms with van der Waals surface area (Å²) in [4.78, 5) is 28.0. The summed E-state index contributed by atoms with van der Waals surface area (Å²) in [5.74, 6) is 0.460. The lowest BCUT2D eigenvalue weighted by molar-refractivity contribution is -0.137. The quantitative estimate of drug-likeness (QED) is 0.555. The minimum atomic E-state index is -4.43. The molecule has 3 aromatic rings. The topological polar surface area (TPSA) is 71.0 Å². The monoisotopic (exact) mass is 469 g/mol. The molecule has 34 heavy (non-hydrogen) atoms. The molecular formula is C25H26F3N5O. The summed E-state index contributed by atoms with van der Waals surface area (Å²) < 4.78 is 38.5. The summed E-state index contributed by atoms with van der Waals surface area (Å²) in [6, 6.07) is 7.88. The highest BCUT2D eigenvalue weighted by Crippen LogP contribution is 2.31. The van der Waals surface area contributed by atoms with E-state index in [1.165, 1.54) is 6.07 Å². The Hall–Kier alpha value is -3.49. The Bertz CT molecular complexity index is 1140. The Kier molecular flexibility index (Phi) is 6.81. The molecule has 1 saturated heterocycles. The van der Waals surface area contributed by atoms with Crippen LogP contribution in [0.1, 0.15) is 41.3 Å². The lowest BCUT2D eigenvalue weighted by Crippen LogP contribution is -2.51. The number of hydrogen-bond donors (Lipinski definition) is 1. The number of aryl methyl sites for hydroxylation is 1. The van der Waals surface area contributed by atoms with Crippen LogP contribution in [-0.2, 0) is 6.18 Å². The molecule has 1 aliphatic heterocycles. The van der Waals surface area contributed by atoms with Gasteiger partial charge in [0.1, 0.15) is 5.82 Å². The second kappa shape index (κ2) is 9.79. The third kappa shape index (κ3) is 5.18. The lowest BCUT2D eigenvalue weighted by atomic mass is 9.89. The van der Waals surface area contributed by atoms with Crippen LogP contribution < -0.4 is 5.32 Å². The smallest absolute Gasteiger partial charge is 0.368 e. The predicted octanol–water partition coefficient (Wildman–Crippen LogP) is 5.22. The molecule has 4 rings (SSSR count). The van der Waals surface area contributed by atoms with Crippen molar-refractivity contribution in [2.45, 2.75) is 38.9 Å². The number of nitrogens with zero attached hydrogens (tertiary/aromatic N) is 4. The average molecular weight is 470 g/mol. The van der Waals surface area contributed by atoms with Crippen molar-refractivity contribution in [3.05, 3.63) is 71.8 Å². The Balaban J connectivity index is 1.57. The Morgan fingerprint density at radius 2 is 1.97 bits per heavy atom. The fourth-order valence-corrected chi connectivity index (χ4v) is 4.34. The average Bonchev–Trinajstić information content (AvgIpc) is 2.83. The fraction of sp³-hybridized carbons (Fsp3) is 0.360. The number of carbonyl (C=O) groups excluding carboxylic acids is 1. The van der Waals surface area contributed by atoms with Crippen LogP contribution in [0.2, 0.25) is 0 Å². The van der Waals surface area contributed by atoms with E-state index in [-0.39, 0.29) is 17.9 Å². The molecule has 0 spiro atoms. The van der Waals surface area contributed by atoms with E-state index in [0.717, 1.165) is 36.2 Å². The molecule has 9 heteroatoms. The number of pyridine rings is 1. The van der Waals surface area contributed by atoms with Gasteiger partial charge >= 0.3 is 6.18 Å². The highest BCUT2D eigenvalue weighted by molar-refractivity contribution is 6.01. The van der Waals surface area contributed by atoms with Gasteiger partial charge in [0.15, 0.2) is 0 Å². The van der Waals surface area contributed by atoms with Crippen LogP contribution in [0.25, 0.3) is 11.3 Å². The first-order valence-corrected chi connectivity index (χ1v) is 11.2. The van der Waals surface area contributed by atoms with E-state index in [9.17, 15) is 18.0 Å². The molecule has 178 valence electrons. The summed E-state index contributed by atoms with van der Waals surface area (Å²) in [6.07, 6.45) is 3.04. The number of carbonyl (C=O) groups is 1. The molecule has 3 heterocycles. The third-order valence-corrected chi connectivity index (χ3v) is 6.20. The van der Waals surface area contributed by atoms with Crippen LogP contribution >= 0.6 is 0 Å². The molecule has 1 unspecified atom stereocenters. The van der Waals surface area contributed by atoms with Crippen molar-refractivity contribution in [2.75, 3.05) is 18.4 Å². The van der Waals surface area contributed by atoms with E-state index < -0.39 is 11.7 Å². The van der Waals surface area contributed by atoms with E-state index in [2.05, 4.69) is 27.2 Å². The number of rotatable bonds is 5. The van der Waals surface area contributed by atoms with Gasteiger partial charge in [0, 0.05) is 42.8 Å². The van der Waals surface area contributed by atoms with Crippen molar-refractivity contribution in [1.29, 1.82) is 0 Å². The molecular weight excluding hydrogens is 443 g/mol. The maximum absolute atomic E-state index is 13.8. The molecule has 1 aliphatic rings. The number of piperidine rings is 1. The zero-order valence-corrected chi connectivity index (χ0v) is 19.0. The number of nitrogens with one attached hydrogen (secondary N) is 1. The summed E-state index contributed by atoms with van der Waals surface area (Å²) in [5, 5.41) is 3.12. The van der Waals surface area contributed by atoms with Crippen LogP contribution in [0.5, 0.6) is 0 Å². The highest BCUT2D eigenvalue weighted by atomic mass is 19.4. The van der Waals surface area contributed by atoms with Gasteiger partial charge in [0.05, 0.1) is 23.5 Å². The third-order valence-electron chi connectivity index (χ3n) is 6.20. The molecule has 0 bridgehead atoms. The van der Waals surface area contributed by atoms with Crippen LogP contribution in [0.3, 0.4) is 0 Å². The molecule has 6 nitrogen and oxygen atoms in total. The van der Waals surface area contributed by atoms with Gasteiger partial charge in [0.25, 0.3) is 5.91 Å². The van der Waals surface area contributed by atoms with Gasteiger partial charge in [-0.1, -0.05) is 24.6 Å². The standard InChI is InChI=1S/C25H26F3N5O/c1-16-5-7-19(21-14-29-9-10-30-21)20(12-16)24(34)33-11-3-4-17(2)22(33)15-32-23-8-6-18(13-31-23)25(26,27)28/h5-10,12-14,17,22H,3-4,11,15H2,1-2H3,(H,31,32)/t17-,22?/m1/s1. The molecule has 1 amide bonds. The number of benzene rings is 1. The second-order valence-electron chi connectivity index (χ2n) is 8.64. The molecule has 2 atom stereocenters. The molecule has 0 saturated carbocycles. The minimum absolute atomic E-state index is 0.0944. The van der Waals surface area contributed by atoms with Gasteiger partial charge in [-0.25, -0.2) is 4.98 Å². The number of alkyl halides is 3. The van der Waals surface area contributed by atoms with E-state index in [1.807, 2.05) is 30.0 Å². The van der Waals surface area contributed by atoms with Crippen molar-refractivity contribution >= 4 is 11.7 Å². The Morgan fingerprint density at radius 3 is 2.65 bits per heavy atom. The molecule has 2 aromatic heterocycles. The van der Waals surface area contributed by atoms with E-state index >= 15 is 0 Å². The van der Waals surface area contributed by atoms with Crippen molar-refractivity contribution in [3.63, 3.8) is 0 Å². The number of anilines is 1. The van der Waals surface area contributed by atoms with Gasteiger partial charge in [-0.15, -0.1) is 0 Å². The summed E-state index contributed by atoms with van der Waals surface area (Å²) in [6.45, 7) is 5.01. The van der Waals surface area contributed by atoms with Crippen molar-refractivity contribution in [2.24, 2.45) is 5.92 Å². The van der Waals surface area contributed by atoms with Crippen molar-refractivity contribution < 1.29 is 18.0 Å². The first-order chi connectivity index (χ1) is 16.2. The highest BCUT2D eigenvalue weighted by Gasteiger charge is 2.34. The van der Waals surface area contributed by atoms with Gasteiger partial charge in [-0.2, -0.15) is 13.2 Å². The van der Waals surface area contributed by atoms with Crippen LogP contribution in [-0.4, -0.2) is 44.9 Å². The maximum Gasteiger partial charge on any atom is 0.417 e. The summed E-state index contributed by atoms with van der Waals surface area (Å²) in [7, 11) is 0. The Labute approximate surface area is 196 Å². The fourth-order valence-electron chi connectivity index (χ4n) is 4.34. The molecule has 1 fully saturated rings. The first-order valence-electron chi connectivity index (χ1n) is 11.2. The number of likely N-dealkylation sites (tertiary alicyclic amines) is 1. The maximum atomic E-state index is 13.8. The van der Waals surface area contributed by atoms with Crippen LogP contribution in [0.4, 0.5) is 19.0 Å². The van der Waals surface area contributed by atoms with Gasteiger partial charge in [-0.05, 0) is 43.9 Å². The zero-order valence-electron chi connectivity index (χ0n) is 19.0. The molecule has 1 N–H and O–H groups in total. The zero-order chi connectivity index (χ0) is 24.3. The normalized spacial score (nSPS) is 18.6. The predicted molar refractivity (Wildman–Crippen MR) is 123 cm³/mol. The number of aromatic nitrogens is 3. The summed E-state index contributed by atoms with van der Waals surface area (Å²) >= 11 is 0. The van der Waals surface area contributed by atoms with E-state index in [0.29, 0.717) is 30.2 Å². The van der Waals surface area contributed by atoms with Crippen LogP contribution in [0, 0.1) is 12.8 Å². The second-order valence-corrected chi connectivity index (χ2v) is 8.64. The van der Waals surface area contributed by atoms with Crippen molar-refractivity contribution in [3.8, 4) is 11.3 Å². The SMILES string of the molecule is Cc1ccc(-c2cnccn2)c(C(=O)N2CCC[C@@H](C)C2CNc2ccc(C(F)(F)F)cn2)c1.